The van der Waals surface area contributed by atoms with Crippen LogP contribution in [0.4, 0.5) is 19.3 Å². The molecule has 0 bridgehead atoms. The Hall–Kier alpha value is -1.90. The van der Waals surface area contributed by atoms with Crippen LogP contribution in [0.2, 0.25) is 0 Å². The van der Waals surface area contributed by atoms with Gasteiger partial charge in [-0.3, -0.25) is 0 Å². The summed E-state index contributed by atoms with van der Waals surface area (Å²) in [4.78, 5) is 12.9. The van der Waals surface area contributed by atoms with Gasteiger partial charge in [0, 0.05) is 18.8 Å². The van der Waals surface area contributed by atoms with E-state index in [1.807, 2.05) is 0 Å². The number of hydrogen-bond donors (Lipinski definition) is 1. The molecule has 0 spiro atoms. The summed E-state index contributed by atoms with van der Waals surface area (Å²) >= 11 is 0. The van der Waals surface area contributed by atoms with Gasteiger partial charge in [-0.05, 0) is 45.0 Å². The first kappa shape index (κ1) is 18.4. The second-order valence-corrected chi connectivity index (χ2v) is 8.47. The molecule has 0 saturated carbocycles. The number of hydrogen-bond acceptors (Lipinski definition) is 5. The predicted molar refractivity (Wildman–Crippen MR) is 84.8 cm³/mol. The summed E-state index contributed by atoms with van der Waals surface area (Å²) in [5, 5.41) is 3.10. The van der Waals surface area contributed by atoms with E-state index >= 15 is 0 Å². The zero-order valence-corrected chi connectivity index (χ0v) is 14.4. The van der Waals surface area contributed by atoms with Gasteiger partial charge in [-0.25, -0.2) is 13.2 Å². The first-order valence-corrected chi connectivity index (χ1v) is 8.90. The lowest BCUT2D eigenvalue weighted by atomic mass is 10.1. The number of nitrogens with one attached hydrogen (secondary N) is 1. The van der Waals surface area contributed by atoms with Crippen molar-refractivity contribution in [2.45, 2.75) is 43.1 Å². The average Bonchev–Trinajstić information content (AvgIpc) is 2.40. The van der Waals surface area contributed by atoms with E-state index in [0.29, 0.717) is 18.8 Å². The van der Waals surface area contributed by atoms with Crippen molar-refractivity contribution >= 4 is 21.6 Å². The van der Waals surface area contributed by atoms with Crippen molar-refractivity contribution in [1.82, 2.24) is 4.90 Å². The number of rotatable bonds is 4. The van der Waals surface area contributed by atoms with Crippen molar-refractivity contribution in [1.29, 1.82) is 0 Å². The van der Waals surface area contributed by atoms with Gasteiger partial charge >= 0.3 is 11.9 Å². The summed E-state index contributed by atoms with van der Waals surface area (Å²) in [7, 11) is -4.58. The fourth-order valence-electron chi connectivity index (χ4n) is 2.12. The van der Waals surface area contributed by atoms with Gasteiger partial charge in [-0.1, -0.05) is 0 Å². The highest BCUT2D eigenvalue weighted by Gasteiger charge is 2.33. The first-order valence-electron chi connectivity index (χ1n) is 7.35. The summed E-state index contributed by atoms with van der Waals surface area (Å²) in [5.74, 6) is -3.44. The number of halogens is 2. The fourth-order valence-corrected chi connectivity index (χ4v) is 2.85. The van der Waals surface area contributed by atoms with Gasteiger partial charge in [0.05, 0.1) is 10.9 Å². The molecule has 1 N–H and O–H groups in total. The van der Waals surface area contributed by atoms with Crippen LogP contribution in [0.15, 0.2) is 29.2 Å². The Labute approximate surface area is 139 Å². The second kappa shape index (κ2) is 6.54. The van der Waals surface area contributed by atoms with Crippen molar-refractivity contribution < 1.29 is 26.7 Å². The molecule has 24 heavy (non-hydrogen) atoms. The van der Waals surface area contributed by atoms with Crippen molar-refractivity contribution in [3.8, 4) is 0 Å². The summed E-state index contributed by atoms with van der Waals surface area (Å²) < 4.78 is 52.8. The van der Waals surface area contributed by atoms with Crippen LogP contribution in [0.1, 0.15) is 20.8 Å². The lowest BCUT2D eigenvalue weighted by molar-refractivity contribution is 0.0105. The largest absolute Gasteiger partial charge is 0.444 e. The molecule has 1 heterocycles. The maximum atomic E-state index is 12.5. The molecule has 1 aliphatic rings. The van der Waals surface area contributed by atoms with Crippen LogP contribution in [-0.2, 0) is 14.6 Å². The van der Waals surface area contributed by atoms with Crippen molar-refractivity contribution in [3.05, 3.63) is 24.3 Å². The maximum absolute atomic E-state index is 12.5. The molecule has 1 saturated heterocycles. The molecular weight excluding hydrogens is 342 g/mol. The van der Waals surface area contributed by atoms with E-state index in [0.717, 1.165) is 12.1 Å². The van der Waals surface area contributed by atoms with Crippen molar-refractivity contribution in [3.63, 3.8) is 0 Å². The topological polar surface area (TPSA) is 75.7 Å². The number of alkyl halides is 2. The van der Waals surface area contributed by atoms with Gasteiger partial charge in [-0.2, -0.15) is 8.78 Å². The molecule has 1 amide bonds. The molecule has 9 heteroatoms. The van der Waals surface area contributed by atoms with Crippen LogP contribution in [0.3, 0.4) is 0 Å². The minimum Gasteiger partial charge on any atom is -0.444 e. The Bertz CT molecular complexity index is 693. The molecule has 0 unspecified atom stereocenters. The normalized spacial score (nSPS) is 16.0. The number of anilines is 1. The summed E-state index contributed by atoms with van der Waals surface area (Å²) in [6, 6.07) is 5.11. The van der Waals surface area contributed by atoms with Crippen LogP contribution >= 0.6 is 0 Å². The number of carbonyl (C=O) groups excluding carboxylic acids is 1. The van der Waals surface area contributed by atoms with E-state index in [-0.39, 0.29) is 12.1 Å². The molecule has 0 aromatic heterocycles. The van der Waals surface area contributed by atoms with E-state index in [1.54, 1.807) is 25.7 Å². The summed E-state index contributed by atoms with van der Waals surface area (Å²) in [6.45, 7) is 6.26. The van der Waals surface area contributed by atoms with Crippen LogP contribution in [-0.4, -0.2) is 49.9 Å². The van der Waals surface area contributed by atoms with Crippen LogP contribution in [0, 0.1) is 0 Å². The summed E-state index contributed by atoms with van der Waals surface area (Å²) in [5.41, 5.74) is 0.0405. The number of sulfone groups is 1. The van der Waals surface area contributed by atoms with E-state index < -0.39 is 26.1 Å². The molecule has 0 radical (unpaired) electrons. The molecule has 1 aliphatic heterocycles. The molecule has 0 atom stereocenters. The minimum absolute atomic E-state index is 0.00456. The summed E-state index contributed by atoms with van der Waals surface area (Å²) in [6.07, 6.45) is -0.390. The Morgan fingerprint density at radius 3 is 2.25 bits per heavy atom. The quantitative estimate of drug-likeness (QED) is 0.891. The highest BCUT2D eigenvalue weighted by molar-refractivity contribution is 7.91. The third kappa shape index (κ3) is 4.34. The lowest BCUT2D eigenvalue weighted by Gasteiger charge is -2.40. The number of benzene rings is 1. The van der Waals surface area contributed by atoms with E-state index in [9.17, 15) is 22.0 Å². The van der Waals surface area contributed by atoms with Crippen molar-refractivity contribution in [2.75, 3.05) is 18.4 Å². The number of carbonyl (C=O) groups is 1. The smallest absolute Gasteiger partial charge is 0.410 e. The molecule has 6 nitrogen and oxygen atoms in total. The Balaban J connectivity index is 1.88. The number of likely N-dealkylation sites (tertiary alicyclic amines) is 1. The van der Waals surface area contributed by atoms with Crippen LogP contribution < -0.4 is 5.32 Å². The molecule has 134 valence electrons. The Morgan fingerprint density at radius 2 is 1.79 bits per heavy atom. The molecular formula is C15H20F2N2O4S. The van der Waals surface area contributed by atoms with Gasteiger partial charge in [0.15, 0.2) is 0 Å². The van der Waals surface area contributed by atoms with Gasteiger partial charge in [0.25, 0.3) is 0 Å². The van der Waals surface area contributed by atoms with Gasteiger partial charge in [0.2, 0.25) is 9.84 Å². The van der Waals surface area contributed by atoms with Crippen LogP contribution in [0.25, 0.3) is 0 Å². The van der Waals surface area contributed by atoms with Gasteiger partial charge < -0.3 is 15.0 Å². The van der Waals surface area contributed by atoms with E-state index in [1.165, 1.54) is 12.1 Å². The van der Waals surface area contributed by atoms with Gasteiger partial charge in [-0.15, -0.1) is 0 Å². The lowest BCUT2D eigenvalue weighted by Crippen LogP contribution is -2.57. The number of nitrogens with zero attached hydrogens (tertiary/aromatic N) is 1. The zero-order chi connectivity index (χ0) is 18.1. The fraction of sp³-hybridized carbons (Fsp3) is 0.533. The van der Waals surface area contributed by atoms with E-state index in [4.69, 9.17) is 4.74 Å². The molecule has 1 aromatic carbocycles. The molecule has 2 rings (SSSR count). The average molecular weight is 362 g/mol. The van der Waals surface area contributed by atoms with Gasteiger partial charge in [0.1, 0.15) is 5.60 Å². The zero-order valence-electron chi connectivity index (χ0n) is 13.6. The first-order chi connectivity index (χ1) is 11.0. The third-order valence-corrected chi connectivity index (χ3v) is 4.72. The highest BCUT2D eigenvalue weighted by atomic mass is 32.2. The van der Waals surface area contributed by atoms with E-state index in [2.05, 4.69) is 5.32 Å². The third-order valence-electron chi connectivity index (χ3n) is 3.32. The van der Waals surface area contributed by atoms with Crippen molar-refractivity contribution in [2.24, 2.45) is 0 Å². The molecule has 1 aromatic rings. The second-order valence-electron chi connectivity index (χ2n) is 6.56. The molecule has 1 fully saturated rings. The minimum atomic E-state index is -4.58. The maximum Gasteiger partial charge on any atom is 0.410 e. The monoisotopic (exact) mass is 362 g/mol. The van der Waals surface area contributed by atoms with Crippen LogP contribution in [0.5, 0.6) is 0 Å². The highest BCUT2D eigenvalue weighted by Crippen LogP contribution is 2.22. The Morgan fingerprint density at radius 1 is 1.25 bits per heavy atom. The predicted octanol–water partition coefficient (Wildman–Crippen LogP) is 2.71. The standard InChI is InChI=1S/C15H20F2N2O4S/c1-15(2,3)23-14(20)19-8-11(9-19)18-10-4-6-12(7-5-10)24(21,22)13(16)17/h4-7,11,13,18H,8-9H2,1-3H3. The number of ether oxygens (including phenoxy) is 1. The Kier molecular flexibility index (Phi) is 5.03. The number of amides is 1. The SMILES string of the molecule is CC(C)(C)OC(=O)N1CC(Nc2ccc(S(=O)(=O)C(F)F)cc2)C1. The molecule has 0 aliphatic carbocycles.